The van der Waals surface area contributed by atoms with Gasteiger partial charge in [0, 0.05) is 25.8 Å². The van der Waals surface area contributed by atoms with E-state index in [1.54, 1.807) is 18.3 Å². The van der Waals surface area contributed by atoms with Crippen molar-refractivity contribution in [1.82, 2.24) is 9.29 Å². The van der Waals surface area contributed by atoms with Crippen LogP contribution in [0.1, 0.15) is 26.0 Å². The zero-order valence-electron chi connectivity index (χ0n) is 10.8. The number of nitrogens with two attached hydrogens (primary N) is 1. The van der Waals surface area contributed by atoms with Crippen LogP contribution in [0.5, 0.6) is 0 Å². The first-order valence-corrected chi connectivity index (χ1v) is 7.45. The van der Waals surface area contributed by atoms with E-state index in [-0.39, 0.29) is 16.9 Å². The van der Waals surface area contributed by atoms with Gasteiger partial charge >= 0.3 is 0 Å². The van der Waals surface area contributed by atoms with Crippen LogP contribution in [0.3, 0.4) is 0 Å². The molecule has 5 nitrogen and oxygen atoms in total. The Kier molecular flexibility index (Phi) is 3.44. The molecule has 1 aliphatic rings. The lowest BCUT2D eigenvalue weighted by atomic mass is 9.93. The van der Waals surface area contributed by atoms with Crippen molar-refractivity contribution in [3.05, 3.63) is 24.0 Å². The molecular formula is C12H19N3O2S. The van der Waals surface area contributed by atoms with Crippen molar-refractivity contribution in [1.29, 1.82) is 0 Å². The summed E-state index contributed by atoms with van der Waals surface area (Å²) in [7, 11) is -3.46. The van der Waals surface area contributed by atoms with Crippen LogP contribution in [0.4, 0.5) is 0 Å². The molecule has 2 rings (SSSR count). The van der Waals surface area contributed by atoms with Crippen LogP contribution in [0.25, 0.3) is 0 Å². The van der Waals surface area contributed by atoms with E-state index in [9.17, 15) is 8.42 Å². The second-order valence-corrected chi connectivity index (χ2v) is 7.31. The second-order valence-electron chi connectivity index (χ2n) is 5.41. The number of hydrogen-bond donors (Lipinski definition) is 1. The lowest BCUT2D eigenvalue weighted by Gasteiger charge is -2.20. The Balaban J connectivity index is 2.38. The van der Waals surface area contributed by atoms with Crippen molar-refractivity contribution in [3.63, 3.8) is 0 Å². The minimum atomic E-state index is -3.46. The number of rotatable bonds is 3. The average molecular weight is 269 g/mol. The second kappa shape index (κ2) is 4.60. The van der Waals surface area contributed by atoms with Gasteiger partial charge in [-0.3, -0.25) is 4.98 Å². The summed E-state index contributed by atoms with van der Waals surface area (Å²) in [5.74, 6) is 0. The van der Waals surface area contributed by atoms with Gasteiger partial charge in [0.15, 0.2) is 0 Å². The average Bonchev–Trinajstić information content (AvgIpc) is 2.70. The van der Waals surface area contributed by atoms with Gasteiger partial charge in [-0.2, -0.15) is 4.31 Å². The number of sulfonamides is 1. The highest BCUT2D eigenvalue weighted by molar-refractivity contribution is 7.89. The molecule has 1 saturated heterocycles. The maximum Gasteiger partial charge on any atom is 0.244 e. The van der Waals surface area contributed by atoms with Gasteiger partial charge < -0.3 is 5.73 Å². The quantitative estimate of drug-likeness (QED) is 0.886. The molecule has 1 aromatic heterocycles. The Bertz CT molecular complexity index is 540. The zero-order chi connectivity index (χ0) is 13.4. The van der Waals surface area contributed by atoms with Crippen LogP contribution in [-0.2, 0) is 16.6 Å². The van der Waals surface area contributed by atoms with E-state index in [0.717, 1.165) is 6.42 Å². The van der Waals surface area contributed by atoms with Gasteiger partial charge in [0.05, 0.1) is 5.69 Å². The molecule has 0 aromatic carbocycles. The fourth-order valence-electron chi connectivity index (χ4n) is 2.22. The molecule has 2 N–H and O–H groups in total. The third-order valence-electron chi connectivity index (χ3n) is 3.30. The first-order chi connectivity index (χ1) is 8.37. The third kappa shape index (κ3) is 2.41. The summed E-state index contributed by atoms with van der Waals surface area (Å²) in [5, 5.41) is 0. The highest BCUT2D eigenvalue weighted by atomic mass is 32.2. The van der Waals surface area contributed by atoms with Crippen molar-refractivity contribution in [2.75, 3.05) is 13.1 Å². The molecule has 2 heterocycles. The molecule has 0 amide bonds. The minimum absolute atomic E-state index is 0.0398. The largest absolute Gasteiger partial charge is 0.325 e. The number of aromatic nitrogens is 1. The van der Waals surface area contributed by atoms with E-state index in [4.69, 9.17) is 5.73 Å². The van der Waals surface area contributed by atoms with Crippen LogP contribution in [-0.4, -0.2) is 30.8 Å². The number of hydrogen-bond acceptors (Lipinski definition) is 4. The molecule has 18 heavy (non-hydrogen) atoms. The summed E-state index contributed by atoms with van der Waals surface area (Å²) in [6, 6.07) is 3.21. The van der Waals surface area contributed by atoms with Gasteiger partial charge in [-0.15, -0.1) is 0 Å². The maximum absolute atomic E-state index is 12.5. The van der Waals surface area contributed by atoms with E-state index in [1.807, 2.05) is 0 Å². The van der Waals surface area contributed by atoms with Gasteiger partial charge in [0.2, 0.25) is 10.0 Å². The molecule has 0 radical (unpaired) electrons. The van der Waals surface area contributed by atoms with Gasteiger partial charge in [0.1, 0.15) is 4.90 Å². The van der Waals surface area contributed by atoms with Crippen molar-refractivity contribution >= 4 is 10.0 Å². The van der Waals surface area contributed by atoms with E-state index < -0.39 is 10.0 Å². The van der Waals surface area contributed by atoms with Crippen molar-refractivity contribution in [2.24, 2.45) is 11.1 Å². The Morgan fingerprint density at radius 3 is 2.78 bits per heavy atom. The Morgan fingerprint density at radius 1 is 1.50 bits per heavy atom. The summed E-state index contributed by atoms with van der Waals surface area (Å²) < 4.78 is 26.6. The minimum Gasteiger partial charge on any atom is -0.325 e. The van der Waals surface area contributed by atoms with Gasteiger partial charge in [-0.1, -0.05) is 13.8 Å². The van der Waals surface area contributed by atoms with Crippen LogP contribution in [0.15, 0.2) is 23.2 Å². The summed E-state index contributed by atoms with van der Waals surface area (Å²) in [6.45, 7) is 5.40. The highest BCUT2D eigenvalue weighted by Gasteiger charge is 2.37. The summed E-state index contributed by atoms with van der Waals surface area (Å²) in [4.78, 5) is 4.28. The van der Waals surface area contributed by atoms with E-state index in [2.05, 4.69) is 18.8 Å². The lowest BCUT2D eigenvalue weighted by Crippen LogP contribution is -2.31. The molecule has 6 heteroatoms. The van der Waals surface area contributed by atoms with Crippen molar-refractivity contribution in [3.8, 4) is 0 Å². The van der Waals surface area contributed by atoms with E-state index in [0.29, 0.717) is 18.8 Å². The molecule has 0 saturated carbocycles. The molecule has 0 aliphatic carbocycles. The molecule has 0 spiro atoms. The Morgan fingerprint density at radius 2 is 2.22 bits per heavy atom. The Labute approximate surface area is 108 Å². The smallest absolute Gasteiger partial charge is 0.244 e. The predicted molar refractivity (Wildman–Crippen MR) is 69.3 cm³/mol. The van der Waals surface area contributed by atoms with Gasteiger partial charge in [-0.25, -0.2) is 8.42 Å². The molecule has 0 unspecified atom stereocenters. The van der Waals surface area contributed by atoms with E-state index in [1.165, 1.54) is 4.31 Å². The molecule has 1 fully saturated rings. The standard InChI is InChI=1S/C12H19N3O2S/c1-12(2)5-7-15(9-12)18(16,17)11-4-3-6-14-10(11)8-13/h3-4,6H,5,7-9,13H2,1-2H3. The topological polar surface area (TPSA) is 76.3 Å². The van der Waals surface area contributed by atoms with Crippen LogP contribution >= 0.6 is 0 Å². The fraction of sp³-hybridized carbons (Fsp3) is 0.583. The molecule has 1 aliphatic heterocycles. The van der Waals surface area contributed by atoms with Gasteiger partial charge in [-0.05, 0) is 24.0 Å². The lowest BCUT2D eigenvalue weighted by molar-refractivity contribution is 0.375. The van der Waals surface area contributed by atoms with Crippen LogP contribution in [0.2, 0.25) is 0 Å². The SMILES string of the molecule is CC1(C)CCN(S(=O)(=O)c2cccnc2CN)C1. The van der Waals surface area contributed by atoms with Crippen LogP contribution in [0, 0.1) is 5.41 Å². The molecule has 0 bridgehead atoms. The fourth-order valence-corrected chi connectivity index (χ4v) is 4.03. The predicted octanol–water partition coefficient (Wildman–Crippen LogP) is 0.961. The summed E-state index contributed by atoms with van der Waals surface area (Å²) >= 11 is 0. The third-order valence-corrected chi connectivity index (χ3v) is 5.22. The zero-order valence-corrected chi connectivity index (χ0v) is 11.6. The van der Waals surface area contributed by atoms with E-state index >= 15 is 0 Å². The number of nitrogens with zero attached hydrogens (tertiary/aromatic N) is 2. The summed E-state index contributed by atoms with van der Waals surface area (Å²) in [6.07, 6.45) is 2.44. The van der Waals surface area contributed by atoms with Crippen LogP contribution < -0.4 is 5.73 Å². The normalized spacial score (nSPS) is 20.2. The molecule has 0 atom stereocenters. The molecule has 1 aromatic rings. The van der Waals surface area contributed by atoms with Gasteiger partial charge in [0.25, 0.3) is 0 Å². The summed E-state index contributed by atoms with van der Waals surface area (Å²) in [5.41, 5.74) is 6.03. The Hall–Kier alpha value is -0.980. The highest BCUT2D eigenvalue weighted by Crippen LogP contribution is 2.33. The van der Waals surface area contributed by atoms with Crippen molar-refractivity contribution in [2.45, 2.75) is 31.7 Å². The first kappa shape index (κ1) is 13.5. The molecular weight excluding hydrogens is 250 g/mol. The first-order valence-electron chi connectivity index (χ1n) is 6.01. The molecule has 100 valence electrons. The maximum atomic E-state index is 12.5. The monoisotopic (exact) mass is 269 g/mol. The number of pyridine rings is 1. The van der Waals surface area contributed by atoms with Crippen molar-refractivity contribution < 1.29 is 8.42 Å².